The molecule has 1 aliphatic heterocycles. The van der Waals surface area contributed by atoms with Crippen LogP contribution in [0.3, 0.4) is 0 Å². The van der Waals surface area contributed by atoms with Crippen molar-refractivity contribution in [2.24, 2.45) is 0 Å². The third-order valence-corrected chi connectivity index (χ3v) is 8.98. The second-order valence-electron chi connectivity index (χ2n) is 12.9. The number of rotatable bonds is 8. The van der Waals surface area contributed by atoms with Gasteiger partial charge in [0.05, 0.1) is 30.7 Å². The molecule has 0 saturated heterocycles. The Kier molecular flexibility index (Phi) is 8.96. The standard InChI is InChI=1S/C41H42N4O3/c1-6-33-34(23-16-24-37(33)48-5)38(46)43-45(40(2,3)4)39(47)29-25-26-35-36(27-29)44(28-42-35)41(30-17-10-7-11-18-30,31-19-12-8-13-20-31)32-21-14-9-15-22-32/h7-27,42H,6,28H2,1-5H3,(H,43,46). The second-order valence-corrected chi connectivity index (χ2v) is 12.9. The summed E-state index contributed by atoms with van der Waals surface area (Å²) in [5.41, 5.74) is 8.34. The van der Waals surface area contributed by atoms with E-state index in [2.05, 4.69) is 88.4 Å². The highest BCUT2D eigenvalue weighted by Crippen LogP contribution is 2.48. The highest BCUT2D eigenvalue weighted by Gasteiger charge is 2.45. The normalized spacial score (nSPS) is 12.6. The molecule has 0 fully saturated rings. The summed E-state index contributed by atoms with van der Waals surface area (Å²) in [4.78, 5) is 30.5. The fourth-order valence-corrected chi connectivity index (χ4v) is 6.74. The average Bonchev–Trinajstić information content (AvgIpc) is 3.54. The van der Waals surface area contributed by atoms with E-state index in [1.54, 1.807) is 19.2 Å². The predicted molar refractivity (Wildman–Crippen MR) is 192 cm³/mol. The number of ether oxygens (including phenoxy) is 1. The zero-order valence-electron chi connectivity index (χ0n) is 28.2. The molecular weight excluding hydrogens is 596 g/mol. The van der Waals surface area contributed by atoms with E-state index in [0.717, 1.165) is 33.6 Å². The number of hydrogen-bond acceptors (Lipinski definition) is 5. The molecule has 7 heteroatoms. The first-order valence-corrected chi connectivity index (χ1v) is 16.3. The lowest BCUT2D eigenvalue weighted by atomic mass is 9.75. The van der Waals surface area contributed by atoms with Crippen LogP contribution in [-0.4, -0.2) is 36.1 Å². The lowest BCUT2D eigenvalue weighted by Crippen LogP contribution is -2.56. The minimum Gasteiger partial charge on any atom is -0.496 e. The number of hydrogen-bond donors (Lipinski definition) is 2. The van der Waals surface area contributed by atoms with Crippen molar-refractivity contribution < 1.29 is 14.3 Å². The van der Waals surface area contributed by atoms with Crippen LogP contribution in [0.25, 0.3) is 0 Å². The van der Waals surface area contributed by atoms with E-state index in [4.69, 9.17) is 4.74 Å². The maximum Gasteiger partial charge on any atom is 0.272 e. The third kappa shape index (κ3) is 5.77. The summed E-state index contributed by atoms with van der Waals surface area (Å²) < 4.78 is 5.52. The van der Waals surface area contributed by atoms with Gasteiger partial charge in [0, 0.05) is 16.7 Å². The van der Waals surface area contributed by atoms with Gasteiger partial charge in [0.2, 0.25) is 0 Å². The summed E-state index contributed by atoms with van der Waals surface area (Å²) in [6.07, 6.45) is 0.607. The number of nitrogens with one attached hydrogen (secondary N) is 2. The molecule has 2 amide bonds. The Morgan fingerprint density at radius 3 is 1.85 bits per heavy atom. The van der Waals surface area contributed by atoms with Crippen molar-refractivity contribution in [2.75, 3.05) is 24.0 Å². The lowest BCUT2D eigenvalue weighted by molar-refractivity contribution is 0.0358. The van der Waals surface area contributed by atoms with Crippen LogP contribution in [0, 0.1) is 0 Å². The quantitative estimate of drug-likeness (QED) is 0.133. The van der Waals surface area contributed by atoms with E-state index in [9.17, 15) is 9.59 Å². The molecular formula is C41H42N4O3. The molecule has 244 valence electrons. The van der Waals surface area contributed by atoms with E-state index in [1.165, 1.54) is 5.01 Å². The molecule has 48 heavy (non-hydrogen) atoms. The number of hydrazine groups is 1. The molecule has 7 nitrogen and oxygen atoms in total. The molecule has 6 rings (SSSR count). The van der Waals surface area contributed by atoms with Gasteiger partial charge in [0.15, 0.2) is 0 Å². The molecule has 0 aromatic heterocycles. The molecule has 0 unspecified atom stereocenters. The highest BCUT2D eigenvalue weighted by molar-refractivity contribution is 6.01. The van der Waals surface area contributed by atoms with Crippen LogP contribution < -0.4 is 20.4 Å². The molecule has 0 radical (unpaired) electrons. The molecule has 0 saturated carbocycles. The largest absolute Gasteiger partial charge is 0.496 e. The van der Waals surface area contributed by atoms with Crippen molar-refractivity contribution in [2.45, 2.75) is 45.2 Å². The minimum absolute atomic E-state index is 0.309. The van der Waals surface area contributed by atoms with E-state index in [0.29, 0.717) is 30.0 Å². The van der Waals surface area contributed by atoms with Crippen LogP contribution >= 0.6 is 0 Å². The molecule has 0 spiro atoms. The summed E-state index contributed by atoms with van der Waals surface area (Å²) >= 11 is 0. The summed E-state index contributed by atoms with van der Waals surface area (Å²) in [6.45, 7) is 8.21. The van der Waals surface area contributed by atoms with Crippen molar-refractivity contribution in [1.29, 1.82) is 0 Å². The number of anilines is 2. The van der Waals surface area contributed by atoms with Gasteiger partial charge in [-0.05, 0) is 74.2 Å². The fourth-order valence-electron chi connectivity index (χ4n) is 6.74. The topological polar surface area (TPSA) is 73.9 Å². The van der Waals surface area contributed by atoms with Crippen molar-refractivity contribution >= 4 is 23.2 Å². The zero-order chi connectivity index (χ0) is 33.9. The second kappa shape index (κ2) is 13.3. The summed E-state index contributed by atoms with van der Waals surface area (Å²) in [5, 5.41) is 5.02. The van der Waals surface area contributed by atoms with Gasteiger partial charge < -0.3 is 15.0 Å². The number of fused-ring (bicyclic) bond motifs is 1. The van der Waals surface area contributed by atoms with E-state index >= 15 is 0 Å². The van der Waals surface area contributed by atoms with Crippen LogP contribution in [0.2, 0.25) is 0 Å². The first kappa shape index (κ1) is 32.4. The van der Waals surface area contributed by atoms with Gasteiger partial charge in [-0.2, -0.15) is 0 Å². The van der Waals surface area contributed by atoms with Crippen LogP contribution in [-0.2, 0) is 12.0 Å². The van der Waals surface area contributed by atoms with Crippen LogP contribution in [0.15, 0.2) is 127 Å². The molecule has 5 aromatic rings. The predicted octanol–water partition coefficient (Wildman–Crippen LogP) is 8.02. The van der Waals surface area contributed by atoms with Gasteiger partial charge in [-0.25, -0.2) is 5.01 Å². The third-order valence-electron chi connectivity index (χ3n) is 8.98. The number of amides is 2. The van der Waals surface area contributed by atoms with Crippen LogP contribution in [0.4, 0.5) is 11.4 Å². The Morgan fingerprint density at radius 1 is 0.792 bits per heavy atom. The van der Waals surface area contributed by atoms with Crippen molar-refractivity contribution in [3.05, 3.63) is 161 Å². The molecule has 0 atom stereocenters. The Labute approximate surface area is 283 Å². The summed E-state index contributed by atoms with van der Waals surface area (Å²) in [7, 11) is 1.59. The van der Waals surface area contributed by atoms with Crippen molar-refractivity contribution in [3.8, 4) is 5.75 Å². The van der Waals surface area contributed by atoms with Crippen LogP contribution in [0.5, 0.6) is 5.75 Å². The Bertz CT molecular complexity index is 1810. The van der Waals surface area contributed by atoms with Gasteiger partial charge in [-0.1, -0.05) is 104 Å². The smallest absolute Gasteiger partial charge is 0.272 e. The molecule has 0 bridgehead atoms. The maximum absolute atomic E-state index is 14.4. The number of methoxy groups -OCH3 is 1. The van der Waals surface area contributed by atoms with Crippen molar-refractivity contribution in [1.82, 2.24) is 10.4 Å². The lowest BCUT2D eigenvalue weighted by Gasteiger charge is -2.44. The molecule has 0 aliphatic carbocycles. The van der Waals surface area contributed by atoms with E-state index in [-0.39, 0.29) is 11.8 Å². The first-order chi connectivity index (χ1) is 23.2. The maximum atomic E-state index is 14.4. The minimum atomic E-state index is -0.725. The number of nitrogens with zero attached hydrogens (tertiary/aromatic N) is 2. The van der Waals surface area contributed by atoms with Crippen molar-refractivity contribution in [3.63, 3.8) is 0 Å². The highest BCUT2D eigenvalue weighted by atomic mass is 16.5. The number of carbonyl (C=O) groups is 2. The van der Waals surface area contributed by atoms with Gasteiger partial charge in [0.25, 0.3) is 11.8 Å². The Hall–Kier alpha value is -5.56. The monoisotopic (exact) mass is 638 g/mol. The van der Waals surface area contributed by atoms with Gasteiger partial charge in [-0.3, -0.25) is 15.0 Å². The fraction of sp³-hybridized carbons (Fsp3) is 0.220. The Morgan fingerprint density at radius 2 is 1.35 bits per heavy atom. The van der Waals surface area contributed by atoms with Gasteiger partial charge in [0.1, 0.15) is 11.3 Å². The van der Waals surface area contributed by atoms with E-state index < -0.39 is 11.1 Å². The average molecular weight is 639 g/mol. The summed E-state index contributed by atoms with van der Waals surface area (Å²) in [5.74, 6) is -0.0327. The molecule has 5 aromatic carbocycles. The first-order valence-electron chi connectivity index (χ1n) is 16.3. The van der Waals surface area contributed by atoms with Gasteiger partial charge >= 0.3 is 0 Å². The zero-order valence-corrected chi connectivity index (χ0v) is 28.2. The SMILES string of the molecule is CCc1c(OC)cccc1C(=O)NN(C(=O)c1ccc2c(c1)N(C(c1ccccc1)(c1ccccc1)c1ccccc1)CN2)C(C)(C)C. The molecule has 1 aliphatic rings. The molecule has 1 heterocycles. The van der Waals surface area contributed by atoms with E-state index in [1.807, 2.05) is 70.2 Å². The molecule has 2 N–H and O–H groups in total. The number of carbonyl (C=O) groups excluding carboxylic acids is 2. The van der Waals surface area contributed by atoms with Crippen LogP contribution in [0.1, 0.15) is 70.7 Å². The summed E-state index contributed by atoms with van der Waals surface area (Å²) in [6, 6.07) is 42.5. The Balaban J connectivity index is 1.45. The van der Waals surface area contributed by atoms with Gasteiger partial charge in [-0.15, -0.1) is 0 Å². The number of benzene rings is 5.